The van der Waals surface area contributed by atoms with Crippen LogP contribution >= 0.6 is 11.3 Å². The molecule has 0 atom stereocenters. The highest BCUT2D eigenvalue weighted by atomic mass is 127. The molecule has 0 aliphatic rings. The summed E-state index contributed by atoms with van der Waals surface area (Å²) in [5.74, 6) is 0. The molecule has 0 spiro atoms. The third-order valence-corrected chi connectivity index (χ3v) is 4.32. The molecule has 2 heterocycles. The molecule has 3 aromatic rings. The summed E-state index contributed by atoms with van der Waals surface area (Å²) in [5.41, 5.74) is -0.222. The molecule has 1 amide bonds. The highest BCUT2D eigenvalue weighted by Gasteiger charge is 2.30. The fourth-order valence-electron chi connectivity index (χ4n) is 2.23. The Morgan fingerprint density at radius 1 is 1.23 bits per heavy atom. The average molecular weight is 494 g/mol. The summed E-state index contributed by atoms with van der Waals surface area (Å²) in [5, 5.41) is 0. The van der Waals surface area contributed by atoms with E-state index in [4.69, 9.17) is 0 Å². The summed E-state index contributed by atoms with van der Waals surface area (Å²) in [4.78, 5) is 17.6. The minimum absolute atomic E-state index is 0. The molecule has 26 heavy (non-hydrogen) atoms. The average Bonchev–Trinajstić information content (AvgIpc) is 3.12. The number of aryl methyl sites for hydroxylation is 2. The van der Waals surface area contributed by atoms with Gasteiger partial charge in [0.25, 0.3) is 6.33 Å². The van der Waals surface area contributed by atoms with Crippen LogP contribution in [0.4, 0.5) is 18.0 Å². The first-order valence-electron chi connectivity index (χ1n) is 7.23. The van der Waals surface area contributed by atoms with Crippen molar-refractivity contribution in [1.29, 1.82) is 0 Å². The minimum atomic E-state index is -4.39. The van der Waals surface area contributed by atoms with Crippen LogP contribution in [0, 0.1) is 6.92 Å². The van der Waals surface area contributed by atoms with Gasteiger partial charge in [-0.3, -0.25) is 4.57 Å². The normalized spacial score (nSPS) is 12.1. The van der Waals surface area contributed by atoms with Gasteiger partial charge in [0.2, 0.25) is 4.80 Å². The second-order valence-electron chi connectivity index (χ2n) is 5.42. The largest absolute Gasteiger partial charge is 1.00 e. The van der Waals surface area contributed by atoms with E-state index >= 15 is 0 Å². The van der Waals surface area contributed by atoms with Crippen molar-refractivity contribution >= 4 is 17.4 Å². The summed E-state index contributed by atoms with van der Waals surface area (Å²) < 4.78 is 42.7. The number of nitrogens with zero attached hydrogens (tertiary/aromatic N) is 4. The van der Waals surface area contributed by atoms with Gasteiger partial charge in [-0.25, -0.2) is 9.36 Å². The topological polar surface area (TPSA) is 43.2 Å². The lowest BCUT2D eigenvalue weighted by molar-refractivity contribution is -0.670. The smallest absolute Gasteiger partial charge is 0.441 e. The summed E-state index contributed by atoms with van der Waals surface area (Å²) in [6.07, 6.45) is 2.20. The molecule has 0 saturated carbocycles. The van der Waals surface area contributed by atoms with Gasteiger partial charge in [0, 0.05) is 16.8 Å². The molecular formula is C16H14F3IN4OS. The molecule has 0 fully saturated rings. The Hall–Kier alpha value is -1.95. The van der Waals surface area contributed by atoms with Gasteiger partial charge in [-0.1, -0.05) is 0 Å². The number of benzene rings is 1. The van der Waals surface area contributed by atoms with E-state index in [9.17, 15) is 18.0 Å². The van der Waals surface area contributed by atoms with Crippen LogP contribution in [0.15, 0.2) is 54.2 Å². The van der Waals surface area contributed by atoms with E-state index in [1.165, 1.54) is 28.0 Å². The van der Waals surface area contributed by atoms with E-state index in [-0.39, 0.29) is 24.0 Å². The van der Waals surface area contributed by atoms with Crippen molar-refractivity contribution in [2.75, 3.05) is 0 Å². The molecule has 138 valence electrons. The summed E-state index contributed by atoms with van der Waals surface area (Å²) in [6.45, 7) is 1.84. The SMILES string of the molecule is Cc1cn(-c2ccc(C(F)(F)F)cc2)c(=NC(=O)n2cc[n+](C)c2)s1.[I-]. The number of hydrogen-bond donors (Lipinski definition) is 0. The van der Waals surface area contributed by atoms with E-state index in [0.29, 0.717) is 10.5 Å². The Balaban J connectivity index is 0.00000243. The molecule has 3 rings (SSSR count). The zero-order valence-electron chi connectivity index (χ0n) is 13.7. The lowest BCUT2D eigenvalue weighted by Gasteiger charge is -2.08. The highest BCUT2D eigenvalue weighted by molar-refractivity contribution is 7.09. The Morgan fingerprint density at radius 2 is 1.88 bits per heavy atom. The van der Waals surface area contributed by atoms with Crippen molar-refractivity contribution in [1.82, 2.24) is 9.13 Å². The molecular weight excluding hydrogens is 480 g/mol. The van der Waals surface area contributed by atoms with E-state index < -0.39 is 17.8 Å². The Labute approximate surface area is 168 Å². The molecule has 0 aliphatic heterocycles. The second kappa shape index (κ2) is 7.74. The van der Waals surface area contributed by atoms with Crippen molar-refractivity contribution in [2.45, 2.75) is 13.1 Å². The van der Waals surface area contributed by atoms with Crippen molar-refractivity contribution in [2.24, 2.45) is 12.0 Å². The van der Waals surface area contributed by atoms with E-state index in [0.717, 1.165) is 17.0 Å². The van der Waals surface area contributed by atoms with Crippen molar-refractivity contribution in [3.63, 3.8) is 0 Å². The fraction of sp³-hybridized carbons (Fsp3) is 0.188. The van der Waals surface area contributed by atoms with Crippen LogP contribution in [0.1, 0.15) is 10.4 Å². The lowest BCUT2D eigenvalue weighted by atomic mass is 10.2. The number of carbonyl (C=O) groups excluding carboxylic acids is 1. The van der Waals surface area contributed by atoms with Crippen LogP contribution in [0.5, 0.6) is 0 Å². The fourth-order valence-corrected chi connectivity index (χ4v) is 3.06. The Bertz CT molecular complexity index is 986. The quantitative estimate of drug-likeness (QED) is 0.349. The van der Waals surface area contributed by atoms with Gasteiger partial charge in [0.15, 0.2) is 0 Å². The number of imidazole rings is 1. The van der Waals surface area contributed by atoms with Gasteiger partial charge >= 0.3 is 12.2 Å². The van der Waals surface area contributed by atoms with Gasteiger partial charge < -0.3 is 24.0 Å². The van der Waals surface area contributed by atoms with Gasteiger partial charge in [-0.05, 0) is 31.2 Å². The lowest BCUT2D eigenvalue weighted by Crippen LogP contribution is -3.00. The standard InChI is InChI=1S/C16H14F3N4OS.HI/c1-11-9-23(13-5-3-12(4-6-13)16(17,18)19)15(25-11)20-14(24)22-8-7-21(2)10-22;/h3-10H,1-2H3;1H/q+1;/p-1. The Morgan fingerprint density at radius 3 is 2.42 bits per heavy atom. The van der Waals surface area contributed by atoms with Crippen LogP contribution < -0.4 is 33.3 Å². The number of amides is 1. The molecule has 10 heteroatoms. The highest BCUT2D eigenvalue weighted by Crippen LogP contribution is 2.29. The van der Waals surface area contributed by atoms with E-state index in [2.05, 4.69) is 4.99 Å². The molecule has 0 saturated heterocycles. The van der Waals surface area contributed by atoms with Crippen LogP contribution in [-0.2, 0) is 13.2 Å². The van der Waals surface area contributed by atoms with Gasteiger partial charge in [0.05, 0.1) is 12.6 Å². The number of aromatic nitrogens is 3. The first-order chi connectivity index (χ1) is 11.7. The van der Waals surface area contributed by atoms with Crippen molar-refractivity contribution in [3.05, 3.63) is 64.4 Å². The second-order valence-corrected chi connectivity index (χ2v) is 6.63. The zero-order valence-corrected chi connectivity index (χ0v) is 16.7. The molecule has 1 aromatic carbocycles. The summed E-state index contributed by atoms with van der Waals surface area (Å²) in [7, 11) is 1.78. The number of alkyl halides is 3. The van der Waals surface area contributed by atoms with E-state index in [1.54, 1.807) is 41.1 Å². The maximum absolute atomic E-state index is 12.7. The van der Waals surface area contributed by atoms with Crippen LogP contribution in [0.2, 0.25) is 0 Å². The van der Waals surface area contributed by atoms with E-state index in [1.807, 2.05) is 6.92 Å². The van der Waals surface area contributed by atoms with Crippen LogP contribution in [0.3, 0.4) is 0 Å². The number of thiazole rings is 1. The third-order valence-electron chi connectivity index (χ3n) is 3.42. The predicted molar refractivity (Wildman–Crippen MR) is 85.4 cm³/mol. The first-order valence-corrected chi connectivity index (χ1v) is 8.05. The molecule has 0 aliphatic carbocycles. The number of halogens is 4. The zero-order chi connectivity index (χ0) is 18.2. The van der Waals surface area contributed by atoms with Crippen LogP contribution in [0.25, 0.3) is 5.69 Å². The maximum Gasteiger partial charge on any atom is 0.441 e. The molecule has 0 unspecified atom stereocenters. The third kappa shape index (κ3) is 4.41. The monoisotopic (exact) mass is 494 g/mol. The molecule has 5 nitrogen and oxygen atoms in total. The van der Waals surface area contributed by atoms with Gasteiger partial charge in [0.1, 0.15) is 12.4 Å². The number of hydrogen-bond acceptors (Lipinski definition) is 2. The predicted octanol–water partition coefficient (Wildman–Crippen LogP) is 0.0650. The summed E-state index contributed by atoms with van der Waals surface area (Å²) >= 11 is 1.28. The summed E-state index contributed by atoms with van der Waals surface area (Å²) in [6, 6.07) is 4.24. The Kier molecular flexibility index (Phi) is 6.06. The minimum Gasteiger partial charge on any atom is -1.00 e. The molecule has 0 radical (unpaired) electrons. The van der Waals surface area contributed by atoms with Gasteiger partial charge in [-0.2, -0.15) is 13.2 Å². The first kappa shape index (κ1) is 20.4. The number of rotatable bonds is 1. The number of carbonyl (C=O) groups is 1. The van der Waals surface area contributed by atoms with Crippen LogP contribution in [-0.4, -0.2) is 15.2 Å². The van der Waals surface area contributed by atoms with Crippen molar-refractivity contribution in [3.8, 4) is 5.69 Å². The molecule has 0 bridgehead atoms. The van der Waals surface area contributed by atoms with Gasteiger partial charge in [-0.15, -0.1) is 20.9 Å². The molecule has 0 N–H and O–H groups in total. The maximum atomic E-state index is 12.7. The van der Waals surface area contributed by atoms with Crippen molar-refractivity contribution < 1.29 is 46.5 Å². The molecule has 2 aromatic heterocycles.